The number of nitrogens with one attached hydrogen (secondary N) is 1. The average molecular weight is 340 g/mol. The highest BCUT2D eigenvalue weighted by atomic mass is 16.2. The third-order valence-electron chi connectivity index (χ3n) is 5.14. The van der Waals surface area contributed by atoms with Gasteiger partial charge in [0.1, 0.15) is 0 Å². The molecule has 0 saturated heterocycles. The largest absolute Gasteiger partial charge is 0.352 e. The number of carbonyl (C=O) groups excluding carboxylic acids is 1. The summed E-state index contributed by atoms with van der Waals surface area (Å²) < 4.78 is 2.02. The summed E-state index contributed by atoms with van der Waals surface area (Å²) in [5.74, 6) is 0.526. The summed E-state index contributed by atoms with van der Waals surface area (Å²) in [6.45, 7) is 2.86. The van der Waals surface area contributed by atoms with E-state index in [9.17, 15) is 4.79 Å². The number of aromatic nitrogens is 2. The predicted molar refractivity (Wildman–Crippen MR) is 99.0 cm³/mol. The van der Waals surface area contributed by atoms with E-state index in [0.29, 0.717) is 12.3 Å². The zero-order valence-electron chi connectivity index (χ0n) is 14.9. The van der Waals surface area contributed by atoms with E-state index >= 15 is 0 Å². The molecule has 3 N–H and O–H groups in total. The lowest BCUT2D eigenvalue weighted by Crippen LogP contribution is -2.47. The van der Waals surface area contributed by atoms with E-state index in [-0.39, 0.29) is 11.9 Å². The van der Waals surface area contributed by atoms with E-state index < -0.39 is 6.04 Å². The van der Waals surface area contributed by atoms with Crippen molar-refractivity contribution in [3.8, 4) is 0 Å². The van der Waals surface area contributed by atoms with Crippen LogP contribution in [0.2, 0.25) is 0 Å². The van der Waals surface area contributed by atoms with Gasteiger partial charge in [-0.25, -0.2) is 4.98 Å². The summed E-state index contributed by atoms with van der Waals surface area (Å²) in [7, 11) is 0. The van der Waals surface area contributed by atoms with Gasteiger partial charge in [0.15, 0.2) is 0 Å². The third-order valence-corrected chi connectivity index (χ3v) is 5.14. The van der Waals surface area contributed by atoms with Crippen molar-refractivity contribution in [2.45, 2.75) is 57.7 Å². The van der Waals surface area contributed by atoms with Gasteiger partial charge in [-0.2, -0.15) is 0 Å². The van der Waals surface area contributed by atoms with Crippen LogP contribution in [-0.4, -0.2) is 27.5 Å². The van der Waals surface area contributed by atoms with Gasteiger partial charge in [0.25, 0.3) is 0 Å². The minimum absolute atomic E-state index is 0.0722. The van der Waals surface area contributed by atoms with Crippen molar-refractivity contribution in [3.05, 3.63) is 54.1 Å². The van der Waals surface area contributed by atoms with Gasteiger partial charge in [-0.3, -0.25) is 4.79 Å². The van der Waals surface area contributed by atoms with Crippen molar-refractivity contribution in [2.24, 2.45) is 11.7 Å². The second kappa shape index (κ2) is 8.30. The summed E-state index contributed by atoms with van der Waals surface area (Å²) in [6, 6.07) is 9.89. The fourth-order valence-electron chi connectivity index (χ4n) is 3.62. The molecule has 1 saturated carbocycles. The molecule has 3 rings (SSSR count). The van der Waals surface area contributed by atoms with Crippen LogP contribution in [0.4, 0.5) is 0 Å². The van der Waals surface area contributed by atoms with E-state index in [1.165, 1.54) is 31.2 Å². The Morgan fingerprint density at radius 2 is 2.04 bits per heavy atom. The van der Waals surface area contributed by atoms with Gasteiger partial charge in [-0.05, 0) is 31.2 Å². The van der Waals surface area contributed by atoms with Crippen molar-refractivity contribution < 1.29 is 4.79 Å². The minimum Gasteiger partial charge on any atom is -0.352 e. The van der Waals surface area contributed by atoms with Crippen molar-refractivity contribution >= 4 is 5.91 Å². The van der Waals surface area contributed by atoms with Gasteiger partial charge in [-0.1, -0.05) is 43.2 Å². The first-order valence-corrected chi connectivity index (χ1v) is 9.22. The van der Waals surface area contributed by atoms with Crippen LogP contribution in [0.3, 0.4) is 0 Å². The Morgan fingerprint density at radius 1 is 1.32 bits per heavy atom. The maximum Gasteiger partial charge on any atom is 0.237 e. The maximum atomic E-state index is 12.3. The molecule has 0 bridgehead atoms. The van der Waals surface area contributed by atoms with Crippen LogP contribution in [0.15, 0.2) is 42.9 Å². The molecule has 1 heterocycles. The number of amides is 1. The summed E-state index contributed by atoms with van der Waals surface area (Å²) in [5.41, 5.74) is 8.17. The molecule has 1 aromatic heterocycles. The van der Waals surface area contributed by atoms with Crippen LogP contribution in [0, 0.1) is 5.92 Å². The number of imidazole rings is 1. The molecule has 1 fully saturated rings. The van der Waals surface area contributed by atoms with Crippen LogP contribution in [0.25, 0.3) is 0 Å². The quantitative estimate of drug-likeness (QED) is 0.813. The van der Waals surface area contributed by atoms with Gasteiger partial charge in [0.05, 0.1) is 18.1 Å². The molecule has 1 aromatic carbocycles. The van der Waals surface area contributed by atoms with Crippen LogP contribution in [0.5, 0.6) is 0 Å². The SMILES string of the molecule is CC(NC(=O)[C@@H](N)Cc1cn(Cc2ccccc2)cn1)C1CCCC1. The zero-order valence-corrected chi connectivity index (χ0v) is 14.9. The monoisotopic (exact) mass is 340 g/mol. The maximum absolute atomic E-state index is 12.3. The normalized spacial score (nSPS) is 17.4. The molecule has 5 heteroatoms. The highest BCUT2D eigenvalue weighted by Crippen LogP contribution is 2.27. The number of carbonyl (C=O) groups is 1. The molecule has 1 amide bonds. The molecule has 1 unspecified atom stereocenters. The summed E-state index contributed by atoms with van der Waals surface area (Å²) >= 11 is 0. The molecule has 0 radical (unpaired) electrons. The summed E-state index contributed by atoms with van der Waals surface area (Å²) in [4.78, 5) is 16.7. The standard InChI is InChI=1S/C20H28N4O/c1-15(17-9-5-6-10-17)23-20(25)19(21)11-18-13-24(14-22-18)12-16-7-3-2-4-8-16/h2-4,7-8,13-15,17,19H,5-6,9-12,21H2,1H3,(H,23,25)/t15?,19-/m0/s1. The number of hydrogen-bond acceptors (Lipinski definition) is 3. The summed E-state index contributed by atoms with van der Waals surface area (Å²) in [5, 5.41) is 3.09. The van der Waals surface area contributed by atoms with Crippen LogP contribution < -0.4 is 11.1 Å². The second-order valence-electron chi connectivity index (χ2n) is 7.18. The van der Waals surface area contributed by atoms with E-state index in [0.717, 1.165) is 12.2 Å². The van der Waals surface area contributed by atoms with Crippen LogP contribution >= 0.6 is 0 Å². The number of nitrogens with zero attached hydrogens (tertiary/aromatic N) is 2. The lowest BCUT2D eigenvalue weighted by atomic mass is 9.99. The van der Waals surface area contributed by atoms with E-state index in [2.05, 4.69) is 29.4 Å². The zero-order chi connectivity index (χ0) is 17.6. The van der Waals surface area contributed by atoms with Crippen molar-refractivity contribution in [1.82, 2.24) is 14.9 Å². The molecule has 1 aliphatic carbocycles. The third kappa shape index (κ3) is 4.92. The van der Waals surface area contributed by atoms with Gasteiger partial charge in [0, 0.05) is 25.2 Å². The Morgan fingerprint density at radius 3 is 2.76 bits per heavy atom. The first-order valence-electron chi connectivity index (χ1n) is 9.22. The van der Waals surface area contributed by atoms with Gasteiger partial charge >= 0.3 is 0 Å². The fraction of sp³-hybridized carbons (Fsp3) is 0.500. The van der Waals surface area contributed by atoms with E-state index in [1.807, 2.05) is 29.0 Å². The first kappa shape index (κ1) is 17.7. The van der Waals surface area contributed by atoms with Gasteiger partial charge in [0.2, 0.25) is 5.91 Å². The first-order chi connectivity index (χ1) is 12.1. The smallest absolute Gasteiger partial charge is 0.237 e. The van der Waals surface area contributed by atoms with E-state index in [4.69, 9.17) is 5.73 Å². The molecule has 1 aliphatic rings. The molecule has 0 spiro atoms. The molecular formula is C20H28N4O. The van der Waals surface area contributed by atoms with Crippen molar-refractivity contribution in [3.63, 3.8) is 0 Å². The Hall–Kier alpha value is -2.14. The second-order valence-corrected chi connectivity index (χ2v) is 7.18. The molecule has 134 valence electrons. The molecule has 25 heavy (non-hydrogen) atoms. The lowest BCUT2D eigenvalue weighted by Gasteiger charge is -2.22. The highest BCUT2D eigenvalue weighted by Gasteiger charge is 2.25. The number of rotatable bonds is 7. The number of nitrogens with two attached hydrogens (primary N) is 1. The summed E-state index contributed by atoms with van der Waals surface area (Å²) in [6.07, 6.45) is 9.20. The number of benzene rings is 1. The molecule has 2 atom stereocenters. The van der Waals surface area contributed by atoms with Gasteiger partial charge < -0.3 is 15.6 Å². The van der Waals surface area contributed by atoms with Crippen molar-refractivity contribution in [2.75, 3.05) is 0 Å². The molecule has 5 nitrogen and oxygen atoms in total. The Labute approximate surface area is 149 Å². The molecular weight excluding hydrogens is 312 g/mol. The average Bonchev–Trinajstić information content (AvgIpc) is 3.28. The van der Waals surface area contributed by atoms with Crippen LogP contribution in [-0.2, 0) is 17.8 Å². The molecule has 0 aliphatic heterocycles. The molecule has 2 aromatic rings. The predicted octanol–water partition coefficient (Wildman–Crippen LogP) is 2.50. The topological polar surface area (TPSA) is 72.9 Å². The Balaban J connectivity index is 1.50. The van der Waals surface area contributed by atoms with Gasteiger partial charge in [-0.15, -0.1) is 0 Å². The number of hydrogen-bond donors (Lipinski definition) is 2. The fourth-order valence-corrected chi connectivity index (χ4v) is 3.62. The Kier molecular flexibility index (Phi) is 5.87. The van der Waals surface area contributed by atoms with E-state index in [1.54, 1.807) is 6.33 Å². The van der Waals surface area contributed by atoms with Crippen LogP contribution in [0.1, 0.15) is 43.9 Å². The highest BCUT2D eigenvalue weighted by molar-refractivity contribution is 5.82. The Bertz CT molecular complexity index is 676. The minimum atomic E-state index is -0.552. The van der Waals surface area contributed by atoms with Crippen molar-refractivity contribution in [1.29, 1.82) is 0 Å². The lowest BCUT2D eigenvalue weighted by molar-refractivity contribution is -0.123.